The van der Waals surface area contributed by atoms with Crippen molar-refractivity contribution in [2.75, 3.05) is 18.0 Å². The summed E-state index contributed by atoms with van der Waals surface area (Å²) in [5.74, 6) is -1.16. The van der Waals surface area contributed by atoms with Gasteiger partial charge in [-0.2, -0.15) is 0 Å². The Hall–Kier alpha value is -3.71. The van der Waals surface area contributed by atoms with Crippen molar-refractivity contribution >= 4 is 17.6 Å². The minimum Gasteiger partial charge on any atom is -0.479 e. The van der Waals surface area contributed by atoms with Gasteiger partial charge >= 0.3 is 5.97 Å². The first kappa shape index (κ1) is 30.7. The lowest BCUT2D eigenvalue weighted by atomic mass is 9.76. The number of nitrogens with one attached hydrogen (secondary N) is 1. The molecule has 2 aliphatic rings. The highest BCUT2D eigenvalue weighted by Crippen LogP contribution is 2.49. The Morgan fingerprint density at radius 1 is 0.953 bits per heavy atom. The van der Waals surface area contributed by atoms with E-state index in [4.69, 9.17) is 9.72 Å². The SMILES string of the molecule is Cc1nc(C)c(C(OC(C)(C)C)C(=O)O)c(N2CCC3(CCCC3)CC2)c1-c1ccc(C(=O)NCc2ccccc2)cc1. The third kappa shape index (κ3) is 6.93. The third-order valence-corrected chi connectivity index (χ3v) is 9.07. The zero-order valence-corrected chi connectivity index (χ0v) is 26.2. The number of hydrogen-bond donors (Lipinski definition) is 2. The summed E-state index contributed by atoms with van der Waals surface area (Å²) in [6, 6.07) is 17.4. The molecule has 1 unspecified atom stereocenters. The third-order valence-electron chi connectivity index (χ3n) is 9.07. The van der Waals surface area contributed by atoms with Crippen molar-refractivity contribution in [2.45, 2.75) is 91.4 Å². The summed E-state index contributed by atoms with van der Waals surface area (Å²) in [6.07, 6.45) is 6.22. The van der Waals surface area contributed by atoms with E-state index in [1.807, 2.05) is 89.2 Å². The van der Waals surface area contributed by atoms with E-state index >= 15 is 0 Å². The van der Waals surface area contributed by atoms with Crippen molar-refractivity contribution in [2.24, 2.45) is 5.41 Å². The van der Waals surface area contributed by atoms with Gasteiger partial charge in [0.2, 0.25) is 0 Å². The van der Waals surface area contributed by atoms with E-state index in [0.29, 0.717) is 28.8 Å². The molecule has 2 N–H and O–H groups in total. The molecule has 1 amide bonds. The number of hydrogen-bond acceptors (Lipinski definition) is 5. The molecule has 7 heteroatoms. The predicted octanol–water partition coefficient (Wildman–Crippen LogP) is 7.40. The van der Waals surface area contributed by atoms with Crippen LogP contribution >= 0.6 is 0 Å². The fourth-order valence-electron chi connectivity index (χ4n) is 6.92. The van der Waals surface area contributed by atoms with E-state index in [-0.39, 0.29) is 5.91 Å². The molecule has 1 saturated heterocycles. The maximum absolute atomic E-state index is 13.0. The Balaban J connectivity index is 1.53. The largest absolute Gasteiger partial charge is 0.479 e. The summed E-state index contributed by atoms with van der Waals surface area (Å²) in [4.78, 5) is 33.0. The first-order valence-corrected chi connectivity index (χ1v) is 15.6. The molecule has 43 heavy (non-hydrogen) atoms. The topological polar surface area (TPSA) is 91.8 Å². The normalized spacial score (nSPS) is 17.2. The summed E-state index contributed by atoms with van der Waals surface area (Å²) in [7, 11) is 0. The first-order chi connectivity index (χ1) is 20.5. The number of piperidine rings is 1. The second kappa shape index (κ2) is 12.5. The molecule has 1 spiro atoms. The summed E-state index contributed by atoms with van der Waals surface area (Å²) in [6.45, 7) is 11.7. The fourth-order valence-corrected chi connectivity index (χ4v) is 6.92. The van der Waals surface area contributed by atoms with Crippen molar-refractivity contribution in [1.29, 1.82) is 0 Å². The van der Waals surface area contributed by atoms with Gasteiger partial charge in [0.15, 0.2) is 6.10 Å². The number of carboxylic acid groups (broad SMARTS) is 1. The zero-order chi connectivity index (χ0) is 30.8. The number of ether oxygens (including phenoxy) is 1. The molecule has 7 nitrogen and oxygen atoms in total. The van der Waals surface area contributed by atoms with E-state index < -0.39 is 17.7 Å². The van der Waals surface area contributed by atoms with Gasteiger partial charge < -0.3 is 20.1 Å². The Kier molecular flexibility index (Phi) is 8.93. The summed E-state index contributed by atoms with van der Waals surface area (Å²) >= 11 is 0. The van der Waals surface area contributed by atoms with Crippen molar-refractivity contribution in [3.05, 3.63) is 82.7 Å². The lowest BCUT2D eigenvalue weighted by molar-refractivity contribution is -0.160. The molecule has 0 radical (unpaired) electrons. The molecule has 3 aromatic rings. The van der Waals surface area contributed by atoms with Crippen molar-refractivity contribution in [1.82, 2.24) is 10.3 Å². The summed E-state index contributed by atoms with van der Waals surface area (Å²) in [5.41, 5.74) is 6.19. The van der Waals surface area contributed by atoms with Crippen molar-refractivity contribution in [3.8, 4) is 11.1 Å². The molecule has 0 bridgehead atoms. The second-order valence-corrected chi connectivity index (χ2v) is 13.3. The van der Waals surface area contributed by atoms with Gasteiger partial charge in [-0.25, -0.2) is 4.79 Å². The van der Waals surface area contributed by atoms with E-state index in [2.05, 4.69) is 10.2 Å². The van der Waals surface area contributed by atoms with E-state index in [0.717, 1.165) is 54.0 Å². The fraction of sp³-hybridized carbons (Fsp3) is 0.472. The number of nitrogens with zero attached hydrogens (tertiary/aromatic N) is 2. The number of benzene rings is 2. The van der Waals surface area contributed by atoms with Crippen molar-refractivity contribution in [3.63, 3.8) is 0 Å². The molecule has 1 atom stereocenters. The number of amides is 1. The molecule has 5 rings (SSSR count). The van der Waals surface area contributed by atoms with Crippen LogP contribution in [-0.4, -0.2) is 40.7 Å². The van der Waals surface area contributed by atoms with Gasteiger partial charge in [0, 0.05) is 47.7 Å². The monoisotopic (exact) mass is 583 g/mol. The van der Waals surface area contributed by atoms with Gasteiger partial charge in [-0.15, -0.1) is 0 Å². The Morgan fingerprint density at radius 3 is 2.16 bits per heavy atom. The number of aryl methyl sites for hydroxylation is 2. The molecule has 1 saturated carbocycles. The van der Waals surface area contributed by atoms with Crippen molar-refractivity contribution < 1.29 is 19.4 Å². The van der Waals surface area contributed by atoms with E-state index in [1.165, 1.54) is 25.7 Å². The molecular formula is C36H45N3O4. The lowest BCUT2D eigenvalue weighted by Gasteiger charge is -2.42. The average Bonchev–Trinajstić information content (AvgIpc) is 3.43. The molecule has 1 aliphatic carbocycles. The smallest absolute Gasteiger partial charge is 0.337 e. The number of aliphatic carboxylic acids is 1. The van der Waals surface area contributed by atoms with Crippen LogP contribution in [0.15, 0.2) is 54.6 Å². The van der Waals surface area contributed by atoms with Crippen LogP contribution in [0.4, 0.5) is 5.69 Å². The summed E-state index contributed by atoms with van der Waals surface area (Å²) in [5, 5.41) is 13.4. The highest BCUT2D eigenvalue weighted by Gasteiger charge is 2.40. The van der Waals surface area contributed by atoms with E-state index in [1.54, 1.807) is 0 Å². The maximum atomic E-state index is 13.0. The summed E-state index contributed by atoms with van der Waals surface area (Å²) < 4.78 is 6.22. The lowest BCUT2D eigenvalue weighted by Crippen LogP contribution is -2.40. The van der Waals surface area contributed by atoms with Crippen LogP contribution in [0.3, 0.4) is 0 Å². The minimum atomic E-state index is -1.16. The van der Waals surface area contributed by atoms with Gasteiger partial charge in [-0.1, -0.05) is 55.3 Å². The molecule has 1 aliphatic heterocycles. The van der Waals surface area contributed by atoms with Crippen LogP contribution in [0.5, 0.6) is 0 Å². The van der Waals surface area contributed by atoms with Crippen LogP contribution in [0.1, 0.15) is 98.3 Å². The molecule has 228 valence electrons. The highest BCUT2D eigenvalue weighted by molar-refractivity contribution is 5.95. The van der Waals surface area contributed by atoms with Crippen LogP contribution in [0.2, 0.25) is 0 Å². The van der Waals surface area contributed by atoms with Gasteiger partial charge in [0.1, 0.15) is 0 Å². The molecule has 2 fully saturated rings. The molecule has 1 aromatic heterocycles. The molecule has 2 heterocycles. The van der Waals surface area contributed by atoms with Crippen LogP contribution in [0, 0.1) is 19.3 Å². The molecular weight excluding hydrogens is 538 g/mol. The predicted molar refractivity (Wildman–Crippen MR) is 170 cm³/mol. The Bertz CT molecular complexity index is 1440. The van der Waals surface area contributed by atoms with E-state index in [9.17, 15) is 14.7 Å². The quantitative estimate of drug-likeness (QED) is 0.287. The Labute approximate surface area is 255 Å². The van der Waals surface area contributed by atoms with Gasteiger partial charge in [-0.3, -0.25) is 9.78 Å². The standard InChI is InChI=1S/C36H45N3O4/c1-24-29(27-13-15-28(16-14-27)33(40)37-23-26-11-7-6-8-12-26)31(39-21-19-36(20-22-39)17-9-10-18-36)30(25(2)38-24)32(34(41)42)43-35(3,4)5/h6-8,11-16,32H,9-10,17-23H2,1-5H3,(H,37,40)(H,41,42). The molecule has 2 aromatic carbocycles. The van der Waals surface area contributed by atoms with Gasteiger partial charge in [0.05, 0.1) is 11.3 Å². The van der Waals surface area contributed by atoms with Crippen LogP contribution in [-0.2, 0) is 16.1 Å². The zero-order valence-electron chi connectivity index (χ0n) is 26.2. The van der Waals surface area contributed by atoms with Gasteiger partial charge in [-0.05, 0) is 89.0 Å². The highest BCUT2D eigenvalue weighted by atomic mass is 16.5. The number of carbonyl (C=O) groups is 2. The van der Waals surface area contributed by atoms with Crippen LogP contribution < -0.4 is 10.2 Å². The first-order valence-electron chi connectivity index (χ1n) is 15.6. The number of aromatic nitrogens is 1. The number of rotatable bonds is 8. The number of pyridine rings is 1. The average molecular weight is 584 g/mol. The Morgan fingerprint density at radius 2 is 1.58 bits per heavy atom. The number of anilines is 1. The van der Waals surface area contributed by atoms with Gasteiger partial charge in [0.25, 0.3) is 5.91 Å². The minimum absolute atomic E-state index is 0.141. The van der Waals surface area contributed by atoms with Crippen LogP contribution in [0.25, 0.3) is 11.1 Å². The second-order valence-electron chi connectivity index (χ2n) is 13.3. The maximum Gasteiger partial charge on any atom is 0.337 e. The number of carboxylic acids is 1. The number of carbonyl (C=O) groups excluding carboxylic acids is 1.